The number of anilines is 2. The maximum absolute atomic E-state index is 6.02. The van der Waals surface area contributed by atoms with Crippen LogP contribution in [-0.4, -0.2) is 31.1 Å². The Bertz CT molecular complexity index is 386. The van der Waals surface area contributed by atoms with Crippen molar-refractivity contribution in [3.8, 4) is 0 Å². The SMILES string of the molecule is Cc1cc(N)c(Cl)cc1NCCN1CCCC1. The van der Waals surface area contributed by atoms with Crippen molar-refractivity contribution in [3.05, 3.63) is 22.7 Å². The van der Waals surface area contributed by atoms with E-state index in [2.05, 4.69) is 10.2 Å². The van der Waals surface area contributed by atoms with Gasteiger partial charge in [-0.15, -0.1) is 0 Å². The van der Waals surface area contributed by atoms with E-state index in [1.165, 1.54) is 25.9 Å². The average molecular weight is 254 g/mol. The van der Waals surface area contributed by atoms with E-state index in [-0.39, 0.29) is 0 Å². The van der Waals surface area contributed by atoms with Gasteiger partial charge in [0.25, 0.3) is 0 Å². The molecule has 3 nitrogen and oxygen atoms in total. The highest BCUT2D eigenvalue weighted by atomic mass is 35.5. The summed E-state index contributed by atoms with van der Waals surface area (Å²) < 4.78 is 0. The fourth-order valence-corrected chi connectivity index (χ4v) is 2.41. The average Bonchev–Trinajstić information content (AvgIpc) is 2.78. The van der Waals surface area contributed by atoms with Gasteiger partial charge in [-0.1, -0.05) is 11.6 Å². The van der Waals surface area contributed by atoms with Crippen molar-refractivity contribution >= 4 is 23.0 Å². The van der Waals surface area contributed by atoms with E-state index < -0.39 is 0 Å². The highest BCUT2D eigenvalue weighted by Gasteiger charge is 2.10. The molecule has 0 bridgehead atoms. The number of aryl methyl sites for hydroxylation is 1. The molecule has 1 aromatic carbocycles. The quantitative estimate of drug-likeness (QED) is 0.811. The van der Waals surface area contributed by atoms with Crippen molar-refractivity contribution in [2.45, 2.75) is 19.8 Å². The van der Waals surface area contributed by atoms with E-state index in [1.54, 1.807) is 0 Å². The minimum atomic E-state index is 0.624. The predicted octanol–water partition coefficient (Wildman–Crippen LogP) is 2.74. The molecule has 94 valence electrons. The highest BCUT2D eigenvalue weighted by Crippen LogP contribution is 2.26. The summed E-state index contributed by atoms with van der Waals surface area (Å²) in [6.45, 7) is 6.58. The first-order valence-electron chi connectivity index (χ1n) is 6.18. The van der Waals surface area contributed by atoms with Crippen LogP contribution in [0.15, 0.2) is 12.1 Å². The second-order valence-electron chi connectivity index (χ2n) is 4.66. The number of hydrogen-bond acceptors (Lipinski definition) is 3. The molecule has 0 amide bonds. The molecule has 4 heteroatoms. The number of nitrogen functional groups attached to an aromatic ring is 1. The molecular formula is C13H20ClN3. The molecule has 0 aliphatic carbocycles. The molecule has 17 heavy (non-hydrogen) atoms. The van der Waals surface area contributed by atoms with E-state index in [4.69, 9.17) is 17.3 Å². The van der Waals surface area contributed by atoms with E-state index in [9.17, 15) is 0 Å². The Morgan fingerprint density at radius 1 is 1.35 bits per heavy atom. The third-order valence-corrected chi connectivity index (χ3v) is 3.61. The number of nitrogens with one attached hydrogen (secondary N) is 1. The molecule has 1 aliphatic rings. The Kier molecular flexibility index (Phi) is 4.13. The maximum Gasteiger partial charge on any atom is 0.0656 e. The van der Waals surface area contributed by atoms with Crippen molar-refractivity contribution in [3.63, 3.8) is 0 Å². The minimum absolute atomic E-state index is 0.624. The summed E-state index contributed by atoms with van der Waals surface area (Å²) in [5.74, 6) is 0. The number of rotatable bonds is 4. The third-order valence-electron chi connectivity index (χ3n) is 3.29. The summed E-state index contributed by atoms with van der Waals surface area (Å²) in [7, 11) is 0. The van der Waals surface area contributed by atoms with Crippen molar-refractivity contribution < 1.29 is 0 Å². The second kappa shape index (κ2) is 5.61. The third kappa shape index (κ3) is 3.27. The largest absolute Gasteiger partial charge is 0.398 e. The van der Waals surface area contributed by atoms with Crippen LogP contribution in [0.3, 0.4) is 0 Å². The van der Waals surface area contributed by atoms with Crippen molar-refractivity contribution in [2.24, 2.45) is 0 Å². The number of nitrogens with zero attached hydrogens (tertiary/aromatic N) is 1. The molecule has 1 aromatic rings. The Morgan fingerprint density at radius 2 is 2.06 bits per heavy atom. The fourth-order valence-electron chi connectivity index (χ4n) is 2.25. The first kappa shape index (κ1) is 12.5. The van der Waals surface area contributed by atoms with E-state index >= 15 is 0 Å². The molecular weight excluding hydrogens is 234 g/mol. The number of nitrogens with two attached hydrogens (primary N) is 1. The molecule has 0 spiro atoms. The summed E-state index contributed by atoms with van der Waals surface area (Å²) in [6, 6.07) is 3.83. The monoisotopic (exact) mass is 253 g/mol. The zero-order chi connectivity index (χ0) is 12.3. The van der Waals surface area contributed by atoms with E-state index in [0.29, 0.717) is 10.7 Å². The summed E-state index contributed by atoms with van der Waals surface area (Å²) in [5.41, 5.74) is 8.63. The summed E-state index contributed by atoms with van der Waals surface area (Å²) in [6.07, 6.45) is 2.68. The topological polar surface area (TPSA) is 41.3 Å². The van der Waals surface area contributed by atoms with Gasteiger partial charge in [-0.2, -0.15) is 0 Å². The van der Waals surface area contributed by atoms with Crippen molar-refractivity contribution in [1.82, 2.24) is 4.90 Å². The van der Waals surface area contributed by atoms with Crippen LogP contribution in [-0.2, 0) is 0 Å². The predicted molar refractivity (Wildman–Crippen MR) is 74.8 cm³/mol. The summed E-state index contributed by atoms with van der Waals surface area (Å²) in [5, 5.41) is 4.05. The molecule has 1 heterocycles. The van der Waals surface area contributed by atoms with Gasteiger partial charge in [0.05, 0.1) is 10.7 Å². The van der Waals surface area contributed by atoms with Crippen LogP contribution in [0.1, 0.15) is 18.4 Å². The lowest BCUT2D eigenvalue weighted by Gasteiger charge is -2.16. The number of likely N-dealkylation sites (tertiary alicyclic amines) is 1. The van der Waals surface area contributed by atoms with Crippen LogP contribution in [0.5, 0.6) is 0 Å². The molecule has 2 rings (SSSR count). The highest BCUT2D eigenvalue weighted by molar-refractivity contribution is 6.33. The van der Waals surface area contributed by atoms with Crippen LogP contribution in [0.4, 0.5) is 11.4 Å². The first-order valence-corrected chi connectivity index (χ1v) is 6.56. The molecule has 0 saturated carbocycles. The maximum atomic E-state index is 6.02. The summed E-state index contributed by atoms with van der Waals surface area (Å²) in [4.78, 5) is 2.49. The first-order chi connectivity index (χ1) is 8.16. The van der Waals surface area contributed by atoms with Gasteiger partial charge in [0.2, 0.25) is 0 Å². The van der Waals surface area contributed by atoms with E-state index in [0.717, 1.165) is 24.3 Å². The van der Waals surface area contributed by atoms with Gasteiger partial charge in [-0.25, -0.2) is 0 Å². The number of hydrogen-bond donors (Lipinski definition) is 2. The molecule has 0 radical (unpaired) electrons. The number of benzene rings is 1. The molecule has 0 atom stereocenters. The van der Waals surface area contributed by atoms with Gasteiger partial charge in [-0.05, 0) is 50.6 Å². The van der Waals surface area contributed by atoms with Gasteiger partial charge in [-0.3, -0.25) is 0 Å². The molecule has 0 unspecified atom stereocenters. The van der Waals surface area contributed by atoms with Crippen LogP contribution >= 0.6 is 11.6 Å². The lowest BCUT2D eigenvalue weighted by Crippen LogP contribution is -2.26. The molecule has 1 saturated heterocycles. The minimum Gasteiger partial charge on any atom is -0.398 e. The van der Waals surface area contributed by atoms with Crippen LogP contribution in [0.2, 0.25) is 5.02 Å². The van der Waals surface area contributed by atoms with Gasteiger partial charge < -0.3 is 16.0 Å². The second-order valence-corrected chi connectivity index (χ2v) is 5.07. The van der Waals surface area contributed by atoms with Gasteiger partial charge in [0, 0.05) is 18.8 Å². The van der Waals surface area contributed by atoms with Crippen LogP contribution in [0.25, 0.3) is 0 Å². The van der Waals surface area contributed by atoms with Crippen LogP contribution in [0, 0.1) is 6.92 Å². The standard InChI is InChI=1S/C13H20ClN3/c1-10-8-12(15)11(14)9-13(10)16-4-7-17-5-2-3-6-17/h8-9,16H,2-7,15H2,1H3. The fraction of sp³-hybridized carbons (Fsp3) is 0.538. The zero-order valence-electron chi connectivity index (χ0n) is 10.3. The van der Waals surface area contributed by atoms with E-state index in [1.807, 2.05) is 19.1 Å². The molecule has 3 N–H and O–H groups in total. The Morgan fingerprint density at radius 3 is 2.76 bits per heavy atom. The van der Waals surface area contributed by atoms with Gasteiger partial charge in [0.15, 0.2) is 0 Å². The summed E-state index contributed by atoms with van der Waals surface area (Å²) >= 11 is 6.02. The van der Waals surface area contributed by atoms with Crippen LogP contribution < -0.4 is 11.1 Å². The molecule has 0 aromatic heterocycles. The Labute approximate surface area is 108 Å². The lowest BCUT2D eigenvalue weighted by molar-refractivity contribution is 0.352. The molecule has 1 aliphatic heterocycles. The zero-order valence-corrected chi connectivity index (χ0v) is 11.1. The van der Waals surface area contributed by atoms with Gasteiger partial charge in [0.1, 0.15) is 0 Å². The smallest absolute Gasteiger partial charge is 0.0656 e. The lowest BCUT2D eigenvalue weighted by atomic mass is 10.2. The van der Waals surface area contributed by atoms with Crippen molar-refractivity contribution in [2.75, 3.05) is 37.2 Å². The number of halogens is 1. The Hall–Kier alpha value is -0.930. The van der Waals surface area contributed by atoms with Crippen molar-refractivity contribution in [1.29, 1.82) is 0 Å². The van der Waals surface area contributed by atoms with Gasteiger partial charge >= 0.3 is 0 Å². The Balaban J connectivity index is 1.87. The molecule has 1 fully saturated rings. The normalized spacial score (nSPS) is 16.4.